The summed E-state index contributed by atoms with van der Waals surface area (Å²) in [7, 11) is 0. The number of anilines is 1. The molecule has 6 nitrogen and oxygen atoms in total. The zero-order valence-corrected chi connectivity index (χ0v) is 19.1. The molecular weight excluding hydrogens is 449 g/mol. The molecule has 2 aromatic carbocycles. The molecule has 1 N–H and O–H groups in total. The smallest absolute Gasteiger partial charge is 0.292 e. The van der Waals surface area contributed by atoms with Crippen LogP contribution in [0, 0.1) is 13.8 Å². The third-order valence-electron chi connectivity index (χ3n) is 4.94. The Bertz CT molecular complexity index is 1240. The van der Waals surface area contributed by atoms with Gasteiger partial charge in [0.05, 0.1) is 6.54 Å². The number of hydrogen-bond acceptors (Lipinski definition) is 4. The van der Waals surface area contributed by atoms with E-state index in [2.05, 4.69) is 10.4 Å². The van der Waals surface area contributed by atoms with Crippen molar-refractivity contribution in [3.63, 3.8) is 0 Å². The highest BCUT2D eigenvalue weighted by Gasteiger charge is 2.15. The van der Waals surface area contributed by atoms with Crippen LogP contribution >= 0.6 is 23.2 Å². The van der Waals surface area contributed by atoms with Gasteiger partial charge in [-0.15, -0.1) is 0 Å². The lowest BCUT2D eigenvalue weighted by Gasteiger charge is -2.08. The minimum Gasteiger partial charge on any atom is -0.485 e. The van der Waals surface area contributed by atoms with Crippen LogP contribution in [0.15, 0.2) is 65.1 Å². The summed E-state index contributed by atoms with van der Waals surface area (Å²) >= 11 is 12.5. The van der Waals surface area contributed by atoms with Gasteiger partial charge in [0, 0.05) is 27.4 Å². The lowest BCUT2D eigenvalue weighted by molar-refractivity contribution is 0.0992. The number of rotatable bonds is 7. The summed E-state index contributed by atoms with van der Waals surface area (Å²) in [6.07, 6.45) is 0. The molecule has 1 amide bonds. The SMILES string of the molecule is Cc1ccccc1OCc1ccc(C(=O)Nc2cc(C)n(Cc3c(Cl)cccc3Cl)n2)o1. The fourth-order valence-corrected chi connectivity index (χ4v) is 3.70. The van der Waals surface area contributed by atoms with E-state index in [4.69, 9.17) is 32.4 Å². The highest BCUT2D eigenvalue weighted by Crippen LogP contribution is 2.26. The number of amides is 1. The number of nitrogens with one attached hydrogen (secondary N) is 1. The van der Waals surface area contributed by atoms with Gasteiger partial charge in [0.1, 0.15) is 18.1 Å². The van der Waals surface area contributed by atoms with E-state index in [0.29, 0.717) is 28.2 Å². The molecule has 2 heterocycles. The molecule has 0 spiro atoms. The summed E-state index contributed by atoms with van der Waals surface area (Å²) in [4.78, 5) is 12.6. The fraction of sp³-hybridized carbons (Fsp3) is 0.167. The predicted octanol–water partition coefficient (Wildman–Crippen LogP) is 6.28. The van der Waals surface area contributed by atoms with Gasteiger partial charge in [-0.2, -0.15) is 5.10 Å². The highest BCUT2D eigenvalue weighted by atomic mass is 35.5. The summed E-state index contributed by atoms with van der Waals surface area (Å²) < 4.78 is 13.1. The number of benzene rings is 2. The van der Waals surface area contributed by atoms with Crippen molar-refractivity contribution in [1.29, 1.82) is 0 Å². The number of furan rings is 1. The fourth-order valence-electron chi connectivity index (χ4n) is 3.19. The number of para-hydroxylation sites is 1. The molecule has 0 bridgehead atoms. The van der Waals surface area contributed by atoms with Gasteiger partial charge in [-0.3, -0.25) is 9.48 Å². The minimum absolute atomic E-state index is 0.176. The van der Waals surface area contributed by atoms with E-state index in [1.54, 1.807) is 41.1 Å². The van der Waals surface area contributed by atoms with Crippen molar-refractivity contribution in [2.75, 3.05) is 5.32 Å². The molecular formula is C24H21Cl2N3O3. The standard InChI is InChI=1S/C24H21Cl2N3O3/c1-15-6-3-4-9-21(15)31-14-17-10-11-22(32-17)24(30)27-23-12-16(2)29(28-23)13-18-19(25)7-5-8-20(18)26/h3-12H,13-14H2,1-2H3,(H,27,28,30). The lowest BCUT2D eigenvalue weighted by atomic mass is 10.2. The van der Waals surface area contributed by atoms with Gasteiger partial charge < -0.3 is 14.5 Å². The van der Waals surface area contributed by atoms with Crippen molar-refractivity contribution < 1.29 is 13.9 Å². The number of nitrogens with zero attached hydrogens (tertiary/aromatic N) is 2. The van der Waals surface area contributed by atoms with Crippen LogP contribution in [0.3, 0.4) is 0 Å². The van der Waals surface area contributed by atoms with Crippen molar-refractivity contribution in [3.8, 4) is 5.75 Å². The first kappa shape index (κ1) is 22.0. The van der Waals surface area contributed by atoms with Crippen LogP contribution in [0.25, 0.3) is 0 Å². The Hall–Kier alpha value is -3.22. The number of aryl methyl sites for hydroxylation is 2. The monoisotopic (exact) mass is 469 g/mol. The van der Waals surface area contributed by atoms with E-state index in [9.17, 15) is 4.79 Å². The van der Waals surface area contributed by atoms with E-state index in [0.717, 1.165) is 22.6 Å². The van der Waals surface area contributed by atoms with Gasteiger partial charge >= 0.3 is 0 Å². The van der Waals surface area contributed by atoms with Gasteiger partial charge in [-0.25, -0.2) is 0 Å². The number of carbonyl (C=O) groups is 1. The third kappa shape index (κ3) is 4.98. The van der Waals surface area contributed by atoms with Crippen molar-refractivity contribution in [1.82, 2.24) is 9.78 Å². The maximum Gasteiger partial charge on any atom is 0.292 e. The van der Waals surface area contributed by atoms with Crippen molar-refractivity contribution in [2.45, 2.75) is 27.0 Å². The molecule has 0 aliphatic carbocycles. The Labute approximate surface area is 195 Å². The maximum absolute atomic E-state index is 12.6. The Kier molecular flexibility index (Phi) is 6.53. The first-order valence-electron chi connectivity index (χ1n) is 9.96. The second kappa shape index (κ2) is 9.51. The molecule has 0 aliphatic heterocycles. The molecule has 2 aromatic heterocycles. The third-order valence-corrected chi connectivity index (χ3v) is 5.65. The first-order chi connectivity index (χ1) is 15.4. The molecule has 0 fully saturated rings. The van der Waals surface area contributed by atoms with Crippen LogP contribution in [0.1, 0.15) is 33.1 Å². The summed E-state index contributed by atoms with van der Waals surface area (Å²) in [5.74, 6) is 1.51. The maximum atomic E-state index is 12.6. The second-order valence-electron chi connectivity index (χ2n) is 7.30. The minimum atomic E-state index is -0.396. The topological polar surface area (TPSA) is 69.3 Å². The van der Waals surface area contributed by atoms with Gasteiger partial charge in [0.2, 0.25) is 0 Å². The number of carbonyl (C=O) groups excluding carboxylic acids is 1. The van der Waals surface area contributed by atoms with Gasteiger partial charge in [0.25, 0.3) is 5.91 Å². The summed E-state index contributed by atoms with van der Waals surface area (Å²) in [5.41, 5.74) is 2.65. The molecule has 8 heteroatoms. The van der Waals surface area contributed by atoms with Crippen molar-refractivity contribution in [2.24, 2.45) is 0 Å². The molecule has 0 atom stereocenters. The van der Waals surface area contributed by atoms with Crippen molar-refractivity contribution >= 4 is 34.9 Å². The molecule has 0 unspecified atom stereocenters. The molecule has 0 saturated heterocycles. The quantitative estimate of drug-likeness (QED) is 0.345. The molecule has 0 radical (unpaired) electrons. The normalized spacial score (nSPS) is 10.9. The van der Waals surface area contributed by atoms with E-state index in [1.807, 2.05) is 38.1 Å². The van der Waals surface area contributed by atoms with Gasteiger partial charge in [-0.05, 0) is 49.7 Å². The summed E-state index contributed by atoms with van der Waals surface area (Å²) in [5, 5.41) is 8.33. The van der Waals surface area contributed by atoms with E-state index >= 15 is 0 Å². The van der Waals surface area contributed by atoms with Crippen LogP contribution in [0.2, 0.25) is 10.0 Å². The van der Waals surface area contributed by atoms with Crippen LogP contribution in [0.5, 0.6) is 5.75 Å². The Balaban J connectivity index is 1.40. The second-order valence-corrected chi connectivity index (χ2v) is 8.12. The Morgan fingerprint density at radius 1 is 1.06 bits per heavy atom. The van der Waals surface area contributed by atoms with Crippen LogP contribution in [-0.2, 0) is 13.2 Å². The lowest BCUT2D eigenvalue weighted by Crippen LogP contribution is -2.12. The highest BCUT2D eigenvalue weighted by molar-refractivity contribution is 6.35. The molecule has 0 aliphatic rings. The number of hydrogen-bond donors (Lipinski definition) is 1. The summed E-state index contributed by atoms with van der Waals surface area (Å²) in [6.45, 7) is 4.48. The van der Waals surface area contributed by atoms with Crippen LogP contribution < -0.4 is 10.1 Å². The average Bonchev–Trinajstić information content (AvgIpc) is 3.37. The molecule has 32 heavy (non-hydrogen) atoms. The molecule has 4 rings (SSSR count). The number of halogens is 2. The number of aromatic nitrogens is 2. The largest absolute Gasteiger partial charge is 0.485 e. The zero-order valence-electron chi connectivity index (χ0n) is 17.6. The molecule has 164 valence electrons. The Morgan fingerprint density at radius 3 is 2.56 bits per heavy atom. The predicted molar refractivity (Wildman–Crippen MR) is 125 cm³/mol. The van der Waals surface area contributed by atoms with Crippen molar-refractivity contribution in [3.05, 3.63) is 99.1 Å². The van der Waals surface area contributed by atoms with E-state index in [1.165, 1.54) is 0 Å². The summed E-state index contributed by atoms with van der Waals surface area (Å²) in [6, 6.07) is 18.2. The van der Waals surface area contributed by atoms with E-state index < -0.39 is 5.91 Å². The first-order valence-corrected chi connectivity index (χ1v) is 10.7. The Morgan fingerprint density at radius 2 is 1.81 bits per heavy atom. The van der Waals surface area contributed by atoms with Gasteiger partial charge in [0.15, 0.2) is 11.6 Å². The van der Waals surface area contributed by atoms with E-state index in [-0.39, 0.29) is 12.4 Å². The van der Waals surface area contributed by atoms with Crippen LogP contribution in [0.4, 0.5) is 5.82 Å². The average molecular weight is 470 g/mol. The van der Waals surface area contributed by atoms with Crippen LogP contribution in [-0.4, -0.2) is 15.7 Å². The molecule has 0 saturated carbocycles. The zero-order chi connectivity index (χ0) is 22.7. The molecule has 4 aromatic rings. The van der Waals surface area contributed by atoms with Gasteiger partial charge in [-0.1, -0.05) is 47.5 Å². The number of ether oxygens (including phenoxy) is 1.